The summed E-state index contributed by atoms with van der Waals surface area (Å²) >= 11 is 0. The van der Waals surface area contributed by atoms with E-state index >= 15 is 0 Å². The molecule has 0 amide bonds. The SMILES string of the molecule is Cn1ncc2ccc(-n3cc(C4CC4)cn3)c(NS(=O)(=O)c3cccnc3)c21. The number of benzene rings is 1. The minimum Gasteiger partial charge on any atom is -0.275 e. The molecule has 0 radical (unpaired) electrons. The molecule has 5 rings (SSSR count). The van der Waals surface area contributed by atoms with Crippen LogP contribution < -0.4 is 4.72 Å². The summed E-state index contributed by atoms with van der Waals surface area (Å²) in [6, 6.07) is 6.87. The van der Waals surface area contributed by atoms with Gasteiger partial charge >= 0.3 is 0 Å². The van der Waals surface area contributed by atoms with Gasteiger partial charge in [-0.25, -0.2) is 13.1 Å². The van der Waals surface area contributed by atoms with Crippen molar-refractivity contribution in [3.63, 3.8) is 0 Å². The highest BCUT2D eigenvalue weighted by atomic mass is 32.2. The Morgan fingerprint density at radius 2 is 1.96 bits per heavy atom. The minimum atomic E-state index is -3.82. The van der Waals surface area contributed by atoms with Gasteiger partial charge in [-0.15, -0.1) is 0 Å². The maximum atomic E-state index is 13.0. The molecule has 0 bridgehead atoms. The van der Waals surface area contributed by atoms with Crippen molar-refractivity contribution < 1.29 is 8.42 Å². The number of nitrogens with one attached hydrogen (secondary N) is 1. The Kier molecular flexibility index (Phi) is 3.73. The molecule has 3 aromatic heterocycles. The predicted octanol–water partition coefficient (Wildman–Crippen LogP) is 2.83. The second kappa shape index (κ2) is 6.16. The normalized spacial score (nSPS) is 14.5. The van der Waals surface area contributed by atoms with Crippen molar-refractivity contribution in [1.29, 1.82) is 0 Å². The topological polar surface area (TPSA) is 94.7 Å². The van der Waals surface area contributed by atoms with Crippen LogP contribution in [0.1, 0.15) is 24.3 Å². The number of rotatable bonds is 5. The van der Waals surface area contributed by atoms with Crippen molar-refractivity contribution in [1.82, 2.24) is 24.5 Å². The lowest BCUT2D eigenvalue weighted by molar-refractivity contribution is 0.600. The lowest BCUT2D eigenvalue weighted by atomic mass is 10.2. The van der Waals surface area contributed by atoms with E-state index in [1.807, 2.05) is 24.5 Å². The summed E-state index contributed by atoms with van der Waals surface area (Å²) in [6.07, 6.45) is 10.7. The highest BCUT2D eigenvalue weighted by molar-refractivity contribution is 7.92. The number of fused-ring (bicyclic) bond motifs is 1. The number of aryl methyl sites for hydroxylation is 1. The van der Waals surface area contributed by atoms with Crippen molar-refractivity contribution in [3.05, 3.63) is 60.8 Å². The third-order valence-electron chi connectivity index (χ3n) is 4.96. The van der Waals surface area contributed by atoms with Gasteiger partial charge in [-0.05, 0) is 48.6 Å². The van der Waals surface area contributed by atoms with E-state index in [1.54, 1.807) is 28.7 Å². The van der Waals surface area contributed by atoms with Crippen LogP contribution in [-0.2, 0) is 17.1 Å². The predicted molar refractivity (Wildman–Crippen MR) is 105 cm³/mol. The third-order valence-corrected chi connectivity index (χ3v) is 6.29. The maximum absolute atomic E-state index is 13.0. The Bertz CT molecular complexity index is 1270. The molecule has 142 valence electrons. The molecular weight excluding hydrogens is 376 g/mol. The molecule has 1 aromatic carbocycles. The van der Waals surface area contributed by atoms with Crippen LogP contribution in [0.3, 0.4) is 0 Å². The summed E-state index contributed by atoms with van der Waals surface area (Å²) in [5.74, 6) is 0.560. The molecule has 1 aliphatic carbocycles. The van der Waals surface area contributed by atoms with E-state index < -0.39 is 10.0 Å². The number of pyridine rings is 1. The Balaban J connectivity index is 1.67. The molecule has 1 saturated carbocycles. The highest BCUT2D eigenvalue weighted by Crippen LogP contribution is 2.40. The molecule has 1 fully saturated rings. The zero-order valence-electron chi connectivity index (χ0n) is 15.1. The van der Waals surface area contributed by atoms with Gasteiger partial charge in [-0.3, -0.25) is 14.4 Å². The van der Waals surface area contributed by atoms with Crippen LogP contribution in [0, 0.1) is 0 Å². The summed E-state index contributed by atoms with van der Waals surface area (Å²) in [6.45, 7) is 0. The van der Waals surface area contributed by atoms with Gasteiger partial charge in [0.25, 0.3) is 10.0 Å². The van der Waals surface area contributed by atoms with Crippen LogP contribution in [0.25, 0.3) is 16.6 Å². The molecule has 0 unspecified atom stereocenters. The Hall–Kier alpha value is -3.20. The molecule has 28 heavy (non-hydrogen) atoms. The number of aromatic nitrogens is 5. The van der Waals surface area contributed by atoms with Gasteiger partial charge in [0.1, 0.15) is 10.6 Å². The van der Waals surface area contributed by atoms with Gasteiger partial charge < -0.3 is 0 Å². The Labute approximate surface area is 161 Å². The fourth-order valence-electron chi connectivity index (χ4n) is 3.34. The standard InChI is InChI=1S/C19H18N6O2S/c1-24-19-14(9-21-24)6-7-17(25-12-15(10-22-25)13-4-5-13)18(19)23-28(26,27)16-3-2-8-20-11-16/h2-3,6-13,23H,4-5H2,1H3. The third kappa shape index (κ3) is 2.84. The van der Waals surface area contributed by atoms with Crippen LogP contribution in [0.15, 0.2) is 60.1 Å². The molecule has 0 saturated heterocycles. The van der Waals surface area contributed by atoms with E-state index in [9.17, 15) is 8.42 Å². The molecule has 1 N–H and O–H groups in total. The zero-order valence-corrected chi connectivity index (χ0v) is 16.0. The van der Waals surface area contributed by atoms with Crippen LogP contribution in [0.2, 0.25) is 0 Å². The van der Waals surface area contributed by atoms with Crippen molar-refractivity contribution >= 4 is 26.6 Å². The monoisotopic (exact) mass is 394 g/mol. The summed E-state index contributed by atoms with van der Waals surface area (Å²) in [4.78, 5) is 4.01. The van der Waals surface area contributed by atoms with Crippen molar-refractivity contribution in [2.24, 2.45) is 7.05 Å². The van der Waals surface area contributed by atoms with E-state index in [4.69, 9.17) is 0 Å². The minimum absolute atomic E-state index is 0.0965. The maximum Gasteiger partial charge on any atom is 0.263 e. The van der Waals surface area contributed by atoms with Crippen LogP contribution in [-0.4, -0.2) is 33.0 Å². The van der Waals surface area contributed by atoms with Crippen molar-refractivity contribution in [3.8, 4) is 5.69 Å². The molecule has 0 spiro atoms. The van der Waals surface area contributed by atoms with Gasteiger partial charge in [-0.1, -0.05) is 0 Å². The van der Waals surface area contributed by atoms with Gasteiger partial charge in [0, 0.05) is 31.0 Å². The summed E-state index contributed by atoms with van der Waals surface area (Å²) < 4.78 is 32.1. The highest BCUT2D eigenvalue weighted by Gasteiger charge is 2.26. The summed E-state index contributed by atoms with van der Waals surface area (Å²) in [7, 11) is -2.04. The molecule has 0 atom stereocenters. The second-order valence-corrected chi connectivity index (χ2v) is 8.63. The Morgan fingerprint density at radius 3 is 2.71 bits per heavy atom. The van der Waals surface area contributed by atoms with Crippen molar-refractivity contribution in [2.75, 3.05) is 4.72 Å². The molecule has 3 heterocycles. The fourth-order valence-corrected chi connectivity index (χ4v) is 4.39. The van der Waals surface area contributed by atoms with Gasteiger partial charge in [0.2, 0.25) is 0 Å². The number of sulfonamides is 1. The molecular formula is C19H18N6O2S. The molecule has 1 aliphatic rings. The first-order valence-corrected chi connectivity index (χ1v) is 10.4. The number of nitrogens with zero attached hydrogens (tertiary/aromatic N) is 5. The first-order valence-electron chi connectivity index (χ1n) is 8.95. The van der Waals surface area contributed by atoms with Crippen LogP contribution in [0.4, 0.5) is 5.69 Å². The van der Waals surface area contributed by atoms with E-state index in [1.165, 1.54) is 36.9 Å². The Morgan fingerprint density at radius 1 is 1.11 bits per heavy atom. The number of hydrogen-bond donors (Lipinski definition) is 1. The first-order chi connectivity index (χ1) is 13.5. The van der Waals surface area contributed by atoms with E-state index in [0.717, 1.165) is 5.39 Å². The second-order valence-electron chi connectivity index (χ2n) is 6.95. The average molecular weight is 394 g/mol. The molecule has 0 aliphatic heterocycles. The quantitative estimate of drug-likeness (QED) is 0.562. The number of hydrogen-bond acceptors (Lipinski definition) is 5. The zero-order chi connectivity index (χ0) is 19.3. The smallest absolute Gasteiger partial charge is 0.263 e. The average Bonchev–Trinajstić information content (AvgIpc) is 3.31. The summed E-state index contributed by atoms with van der Waals surface area (Å²) in [5, 5.41) is 9.59. The van der Waals surface area contributed by atoms with Gasteiger partial charge in [-0.2, -0.15) is 10.2 Å². The van der Waals surface area contributed by atoms with Crippen LogP contribution >= 0.6 is 0 Å². The van der Waals surface area contributed by atoms with Gasteiger partial charge in [0.05, 0.1) is 23.6 Å². The first kappa shape index (κ1) is 16.9. The lowest BCUT2D eigenvalue weighted by Gasteiger charge is -2.14. The number of anilines is 1. The molecule has 8 nitrogen and oxygen atoms in total. The summed E-state index contributed by atoms with van der Waals surface area (Å²) in [5.41, 5.74) is 2.95. The lowest BCUT2D eigenvalue weighted by Crippen LogP contribution is -2.16. The molecule has 9 heteroatoms. The van der Waals surface area contributed by atoms with Crippen molar-refractivity contribution in [2.45, 2.75) is 23.7 Å². The van der Waals surface area contributed by atoms with Crippen LogP contribution in [0.5, 0.6) is 0 Å². The van der Waals surface area contributed by atoms with Gasteiger partial charge in [0.15, 0.2) is 0 Å². The van der Waals surface area contributed by atoms with E-state index in [0.29, 0.717) is 22.8 Å². The largest absolute Gasteiger partial charge is 0.275 e. The molecule has 4 aromatic rings. The van der Waals surface area contributed by atoms with E-state index in [2.05, 4.69) is 19.9 Å². The fraction of sp³-hybridized carbons (Fsp3) is 0.211. The van der Waals surface area contributed by atoms with E-state index in [-0.39, 0.29) is 4.90 Å².